The summed E-state index contributed by atoms with van der Waals surface area (Å²) < 4.78 is 27.0. The summed E-state index contributed by atoms with van der Waals surface area (Å²) in [6.45, 7) is 0. The van der Waals surface area contributed by atoms with Crippen molar-refractivity contribution in [3.63, 3.8) is 0 Å². The van der Waals surface area contributed by atoms with Gasteiger partial charge in [0.15, 0.2) is 23.0 Å². The van der Waals surface area contributed by atoms with Gasteiger partial charge >= 0.3 is 0 Å². The first-order valence-electron chi connectivity index (χ1n) is 10.4. The van der Waals surface area contributed by atoms with Gasteiger partial charge in [0.05, 0.1) is 35.5 Å². The normalized spacial score (nSPS) is 18.1. The number of hydrogen-bond acceptors (Lipinski definition) is 6. The Morgan fingerprint density at radius 2 is 1.39 bits per heavy atom. The summed E-state index contributed by atoms with van der Waals surface area (Å²) >= 11 is 0. The molecule has 2 unspecified atom stereocenters. The highest BCUT2D eigenvalue weighted by atomic mass is 16.5. The van der Waals surface area contributed by atoms with Crippen molar-refractivity contribution in [1.82, 2.24) is 5.32 Å². The largest absolute Gasteiger partial charge is 0.493 e. The number of methoxy groups -OCH3 is 5. The monoisotopic (exact) mass is 429 g/mol. The lowest BCUT2D eigenvalue weighted by atomic mass is 9.79. The van der Waals surface area contributed by atoms with E-state index in [1.807, 2.05) is 12.1 Å². The number of nitrogens with one attached hydrogen (secondary N) is 1. The molecule has 0 radical (unpaired) electrons. The molecule has 1 aliphatic rings. The fourth-order valence-electron chi connectivity index (χ4n) is 4.25. The van der Waals surface area contributed by atoms with Gasteiger partial charge < -0.3 is 29.0 Å². The first-order valence-corrected chi connectivity index (χ1v) is 10.4. The average Bonchev–Trinajstić information content (AvgIpc) is 2.82. The summed E-state index contributed by atoms with van der Waals surface area (Å²) in [4.78, 5) is 13.1. The molecule has 1 amide bonds. The van der Waals surface area contributed by atoms with Crippen LogP contribution in [0.3, 0.4) is 0 Å². The molecule has 7 nitrogen and oxygen atoms in total. The van der Waals surface area contributed by atoms with E-state index in [2.05, 4.69) is 11.4 Å². The van der Waals surface area contributed by atoms with E-state index >= 15 is 0 Å². The molecule has 0 saturated heterocycles. The Kier molecular flexibility index (Phi) is 7.50. The van der Waals surface area contributed by atoms with Gasteiger partial charge in [0.1, 0.15) is 0 Å². The maximum Gasteiger partial charge on any atom is 0.251 e. The van der Waals surface area contributed by atoms with Gasteiger partial charge in [-0.05, 0) is 42.7 Å². The Morgan fingerprint density at radius 3 is 1.97 bits per heavy atom. The van der Waals surface area contributed by atoms with Crippen LogP contribution in [0.15, 0.2) is 30.3 Å². The van der Waals surface area contributed by atoms with E-state index in [1.165, 1.54) is 21.3 Å². The van der Waals surface area contributed by atoms with Crippen LogP contribution in [0.1, 0.15) is 47.5 Å². The van der Waals surface area contributed by atoms with Crippen LogP contribution in [-0.4, -0.2) is 47.5 Å². The third-order valence-corrected chi connectivity index (χ3v) is 5.85. The van der Waals surface area contributed by atoms with Crippen LogP contribution in [0.4, 0.5) is 0 Å². The molecule has 1 aliphatic carbocycles. The minimum absolute atomic E-state index is 0.0124. The molecule has 1 N–H and O–H groups in total. The second-order valence-electron chi connectivity index (χ2n) is 7.50. The molecule has 1 fully saturated rings. The van der Waals surface area contributed by atoms with Crippen LogP contribution in [0.25, 0.3) is 0 Å². The molecule has 3 rings (SSSR count). The van der Waals surface area contributed by atoms with Crippen molar-refractivity contribution >= 4 is 5.91 Å². The zero-order valence-corrected chi connectivity index (χ0v) is 18.8. The predicted octanol–water partition coefficient (Wildman–Crippen LogP) is 4.19. The Bertz CT molecular complexity index is 888. The molecule has 0 bridgehead atoms. The molecule has 2 aromatic carbocycles. The first-order chi connectivity index (χ1) is 15.1. The van der Waals surface area contributed by atoms with Gasteiger partial charge in [-0.15, -0.1) is 0 Å². The van der Waals surface area contributed by atoms with Gasteiger partial charge in [-0.25, -0.2) is 0 Å². The molecule has 2 aromatic rings. The van der Waals surface area contributed by atoms with E-state index in [-0.39, 0.29) is 17.9 Å². The van der Waals surface area contributed by atoms with Crippen LogP contribution >= 0.6 is 0 Å². The molecular formula is C24H31NO6. The summed E-state index contributed by atoms with van der Waals surface area (Å²) in [6, 6.07) is 9.33. The zero-order valence-electron chi connectivity index (χ0n) is 18.8. The molecule has 168 valence electrons. The molecule has 31 heavy (non-hydrogen) atoms. The molecule has 7 heteroatoms. The molecule has 1 saturated carbocycles. The summed E-state index contributed by atoms with van der Waals surface area (Å²) in [7, 11) is 7.86. The number of rotatable bonds is 8. The number of ether oxygens (including phenoxy) is 5. The van der Waals surface area contributed by atoms with Crippen molar-refractivity contribution in [1.29, 1.82) is 0 Å². The van der Waals surface area contributed by atoms with Crippen molar-refractivity contribution in [2.24, 2.45) is 0 Å². The lowest BCUT2D eigenvalue weighted by Gasteiger charge is -2.33. The SMILES string of the molecule is COc1ccc(C2CCCCC2NC(=O)c2cc(OC)c(OC)c(OC)c2)cc1OC. The van der Waals surface area contributed by atoms with Crippen LogP contribution in [-0.2, 0) is 0 Å². The fraction of sp³-hybridized carbons (Fsp3) is 0.458. The average molecular weight is 430 g/mol. The molecular weight excluding hydrogens is 398 g/mol. The minimum Gasteiger partial charge on any atom is -0.493 e. The minimum atomic E-state index is -0.170. The number of hydrogen-bond donors (Lipinski definition) is 1. The molecule has 0 spiro atoms. The van der Waals surface area contributed by atoms with Crippen LogP contribution in [0.2, 0.25) is 0 Å². The number of carbonyl (C=O) groups excluding carboxylic acids is 1. The highest BCUT2D eigenvalue weighted by Gasteiger charge is 2.29. The van der Waals surface area contributed by atoms with E-state index in [4.69, 9.17) is 23.7 Å². The molecule has 2 atom stereocenters. The topological polar surface area (TPSA) is 75.3 Å². The summed E-state index contributed by atoms with van der Waals surface area (Å²) in [5.74, 6) is 2.78. The van der Waals surface area contributed by atoms with Gasteiger partial charge in [-0.3, -0.25) is 4.79 Å². The van der Waals surface area contributed by atoms with Crippen LogP contribution in [0.5, 0.6) is 28.7 Å². The van der Waals surface area contributed by atoms with Gasteiger partial charge in [0.25, 0.3) is 5.91 Å². The standard InChI is InChI=1S/C24H31NO6/c1-27-19-11-10-15(12-20(19)28-2)17-8-6-7-9-18(17)25-24(26)16-13-21(29-3)23(31-5)22(14-16)30-4/h10-14,17-18H,6-9H2,1-5H3,(H,25,26). The number of amides is 1. The third-order valence-electron chi connectivity index (χ3n) is 5.85. The second-order valence-corrected chi connectivity index (χ2v) is 7.50. The predicted molar refractivity (Wildman–Crippen MR) is 118 cm³/mol. The number of carbonyl (C=O) groups is 1. The molecule has 0 aromatic heterocycles. The van der Waals surface area contributed by atoms with Gasteiger partial charge in [-0.2, -0.15) is 0 Å². The lowest BCUT2D eigenvalue weighted by molar-refractivity contribution is 0.0920. The third kappa shape index (κ3) is 4.81. The summed E-state index contributed by atoms with van der Waals surface area (Å²) in [5, 5.41) is 3.23. The van der Waals surface area contributed by atoms with E-state index in [9.17, 15) is 4.79 Å². The van der Waals surface area contributed by atoms with Crippen molar-refractivity contribution in [3.05, 3.63) is 41.5 Å². The summed E-state index contributed by atoms with van der Waals surface area (Å²) in [6.07, 6.45) is 4.10. The quantitative estimate of drug-likeness (QED) is 0.678. The highest BCUT2D eigenvalue weighted by Crippen LogP contribution is 2.40. The van der Waals surface area contributed by atoms with Crippen molar-refractivity contribution in [3.8, 4) is 28.7 Å². The van der Waals surface area contributed by atoms with E-state index < -0.39 is 0 Å². The van der Waals surface area contributed by atoms with Crippen LogP contribution < -0.4 is 29.0 Å². The van der Waals surface area contributed by atoms with E-state index in [0.29, 0.717) is 34.3 Å². The Morgan fingerprint density at radius 1 is 0.774 bits per heavy atom. The van der Waals surface area contributed by atoms with Crippen molar-refractivity contribution in [2.75, 3.05) is 35.5 Å². The molecule has 0 aliphatic heterocycles. The Balaban J connectivity index is 1.86. The van der Waals surface area contributed by atoms with Gasteiger partial charge in [0, 0.05) is 17.5 Å². The smallest absolute Gasteiger partial charge is 0.251 e. The lowest BCUT2D eigenvalue weighted by Crippen LogP contribution is -2.41. The molecule has 0 heterocycles. The summed E-state index contributed by atoms with van der Waals surface area (Å²) in [5.41, 5.74) is 1.60. The van der Waals surface area contributed by atoms with Crippen molar-refractivity contribution < 1.29 is 28.5 Å². The first kappa shape index (κ1) is 22.6. The Labute approximate surface area is 183 Å². The van der Waals surface area contributed by atoms with Crippen LogP contribution in [0, 0.1) is 0 Å². The van der Waals surface area contributed by atoms with Gasteiger partial charge in [-0.1, -0.05) is 18.9 Å². The fourth-order valence-corrected chi connectivity index (χ4v) is 4.25. The Hall–Kier alpha value is -3.09. The highest BCUT2D eigenvalue weighted by molar-refractivity contribution is 5.96. The zero-order chi connectivity index (χ0) is 22.4. The number of benzene rings is 2. The maximum absolute atomic E-state index is 13.1. The maximum atomic E-state index is 13.1. The second kappa shape index (κ2) is 10.3. The van der Waals surface area contributed by atoms with Crippen molar-refractivity contribution in [2.45, 2.75) is 37.6 Å². The van der Waals surface area contributed by atoms with E-state index in [0.717, 1.165) is 31.2 Å². The van der Waals surface area contributed by atoms with Gasteiger partial charge in [0.2, 0.25) is 5.75 Å². The van der Waals surface area contributed by atoms with E-state index in [1.54, 1.807) is 26.4 Å².